The van der Waals surface area contributed by atoms with Crippen LogP contribution in [-0.2, 0) is 13.0 Å². The fourth-order valence-electron chi connectivity index (χ4n) is 5.29. The number of likely N-dealkylation sites (tertiary alicyclic amines) is 1. The molecule has 0 aromatic carbocycles. The molecule has 0 atom stereocenters. The fraction of sp³-hybridized carbons (Fsp3) is 0.500. The predicted octanol–water partition coefficient (Wildman–Crippen LogP) is 5.31. The zero-order valence-electron chi connectivity index (χ0n) is 20.1. The van der Waals surface area contributed by atoms with Crippen LogP contribution in [0.15, 0.2) is 36.8 Å². The van der Waals surface area contributed by atoms with Gasteiger partial charge < -0.3 is 10.2 Å². The van der Waals surface area contributed by atoms with Crippen LogP contribution in [0.25, 0.3) is 22.2 Å². The van der Waals surface area contributed by atoms with E-state index in [1.54, 1.807) is 11.3 Å². The SMILES string of the molecule is c1nc2ccc(Nc3nnc(CC4CCCC4)s3)nc2cc1-c1cnn(CCCN2CCCC2)c1. The first-order valence-corrected chi connectivity index (χ1v) is 13.7. The van der Waals surface area contributed by atoms with Gasteiger partial charge in [-0.05, 0) is 63.0 Å². The lowest BCUT2D eigenvalue weighted by molar-refractivity contribution is 0.322. The minimum Gasteiger partial charge on any atom is -0.315 e. The third-order valence-corrected chi connectivity index (χ3v) is 8.07. The molecule has 35 heavy (non-hydrogen) atoms. The van der Waals surface area contributed by atoms with E-state index in [2.05, 4.69) is 42.8 Å². The molecule has 0 radical (unpaired) electrons. The predicted molar refractivity (Wildman–Crippen MR) is 140 cm³/mol. The molecule has 0 unspecified atom stereocenters. The van der Waals surface area contributed by atoms with Gasteiger partial charge in [-0.25, -0.2) is 4.98 Å². The van der Waals surface area contributed by atoms with E-state index < -0.39 is 0 Å². The molecule has 5 heterocycles. The van der Waals surface area contributed by atoms with Crippen LogP contribution in [0.4, 0.5) is 10.9 Å². The molecule has 6 rings (SSSR count). The first-order chi connectivity index (χ1) is 17.3. The zero-order chi connectivity index (χ0) is 23.5. The summed E-state index contributed by atoms with van der Waals surface area (Å²) in [5, 5.41) is 18.5. The van der Waals surface area contributed by atoms with Crippen molar-refractivity contribution in [2.75, 3.05) is 25.0 Å². The molecule has 2 aliphatic rings. The lowest BCUT2D eigenvalue weighted by Crippen LogP contribution is -2.21. The normalized spacial score (nSPS) is 17.0. The van der Waals surface area contributed by atoms with Crippen molar-refractivity contribution < 1.29 is 0 Å². The standard InChI is InChI=1S/C26H32N8S/c1-2-7-19(6-1)14-25-31-32-26(35-25)30-24-9-8-22-23(29-24)15-20(16-27-22)21-17-28-34(18-21)13-5-12-33-10-3-4-11-33/h8-9,15-19H,1-7,10-14H2,(H,29,30,32). The Morgan fingerprint density at radius 2 is 1.83 bits per heavy atom. The highest BCUT2D eigenvalue weighted by Gasteiger charge is 2.18. The van der Waals surface area contributed by atoms with E-state index in [-0.39, 0.29) is 0 Å². The summed E-state index contributed by atoms with van der Waals surface area (Å²) in [7, 11) is 0. The van der Waals surface area contributed by atoms with Crippen LogP contribution in [0, 0.1) is 5.92 Å². The van der Waals surface area contributed by atoms with Gasteiger partial charge >= 0.3 is 0 Å². The Morgan fingerprint density at radius 3 is 2.71 bits per heavy atom. The summed E-state index contributed by atoms with van der Waals surface area (Å²) in [5.74, 6) is 1.53. The maximum absolute atomic E-state index is 4.80. The van der Waals surface area contributed by atoms with Crippen LogP contribution >= 0.6 is 11.3 Å². The quantitative estimate of drug-likeness (QED) is 0.342. The maximum atomic E-state index is 4.80. The average Bonchev–Trinajstić information content (AvgIpc) is 3.68. The molecule has 1 aliphatic carbocycles. The van der Waals surface area contributed by atoms with Crippen molar-refractivity contribution in [3.8, 4) is 11.1 Å². The van der Waals surface area contributed by atoms with Gasteiger partial charge in [0.1, 0.15) is 10.8 Å². The molecular formula is C26H32N8S. The van der Waals surface area contributed by atoms with Gasteiger partial charge in [0.2, 0.25) is 5.13 Å². The van der Waals surface area contributed by atoms with Crippen LogP contribution in [-0.4, -0.2) is 54.5 Å². The summed E-state index contributed by atoms with van der Waals surface area (Å²) in [6.45, 7) is 4.59. The number of nitrogens with one attached hydrogen (secondary N) is 1. The van der Waals surface area contributed by atoms with Gasteiger partial charge in [0.25, 0.3) is 0 Å². The second kappa shape index (κ2) is 10.4. The van der Waals surface area contributed by atoms with Crippen molar-refractivity contribution in [3.05, 3.63) is 41.8 Å². The van der Waals surface area contributed by atoms with Crippen molar-refractivity contribution in [2.24, 2.45) is 5.92 Å². The minimum absolute atomic E-state index is 0.762. The molecular weight excluding hydrogens is 456 g/mol. The molecule has 0 amide bonds. The number of hydrogen-bond donors (Lipinski definition) is 1. The molecule has 0 bridgehead atoms. The first kappa shape index (κ1) is 22.5. The van der Waals surface area contributed by atoms with Gasteiger partial charge in [-0.15, -0.1) is 10.2 Å². The van der Waals surface area contributed by atoms with Crippen molar-refractivity contribution in [2.45, 2.75) is 57.9 Å². The molecule has 1 N–H and O–H groups in total. The van der Waals surface area contributed by atoms with E-state index in [1.807, 2.05) is 29.2 Å². The number of hydrogen-bond acceptors (Lipinski definition) is 8. The van der Waals surface area contributed by atoms with Crippen molar-refractivity contribution in [1.29, 1.82) is 0 Å². The Labute approximate surface area is 209 Å². The minimum atomic E-state index is 0.762. The van der Waals surface area contributed by atoms with Gasteiger partial charge in [-0.1, -0.05) is 37.0 Å². The van der Waals surface area contributed by atoms with Crippen molar-refractivity contribution in [3.63, 3.8) is 0 Å². The Balaban J connectivity index is 1.11. The smallest absolute Gasteiger partial charge is 0.211 e. The molecule has 8 nitrogen and oxygen atoms in total. The van der Waals surface area contributed by atoms with E-state index in [9.17, 15) is 0 Å². The molecule has 4 aromatic heterocycles. The molecule has 0 spiro atoms. The summed E-state index contributed by atoms with van der Waals surface area (Å²) < 4.78 is 2.04. The fourth-order valence-corrected chi connectivity index (χ4v) is 6.15. The molecule has 1 aliphatic heterocycles. The number of anilines is 2. The second-order valence-corrected chi connectivity index (χ2v) is 10.9. The summed E-state index contributed by atoms with van der Waals surface area (Å²) in [6.07, 6.45) is 16.1. The number of aromatic nitrogens is 6. The summed E-state index contributed by atoms with van der Waals surface area (Å²) in [6, 6.07) is 6.03. The maximum Gasteiger partial charge on any atom is 0.211 e. The topological polar surface area (TPSA) is 84.6 Å². The highest BCUT2D eigenvalue weighted by molar-refractivity contribution is 7.15. The Hall–Kier alpha value is -2.91. The molecule has 182 valence electrons. The van der Waals surface area contributed by atoms with E-state index in [1.165, 1.54) is 51.6 Å². The number of nitrogens with zero attached hydrogens (tertiary/aromatic N) is 7. The third-order valence-electron chi connectivity index (χ3n) is 7.20. The van der Waals surface area contributed by atoms with Gasteiger partial charge in [0.15, 0.2) is 0 Å². The summed E-state index contributed by atoms with van der Waals surface area (Å²) >= 11 is 1.63. The number of fused-ring (bicyclic) bond motifs is 1. The van der Waals surface area contributed by atoms with Gasteiger partial charge in [0, 0.05) is 36.5 Å². The van der Waals surface area contributed by atoms with Crippen LogP contribution in [0.1, 0.15) is 50.0 Å². The van der Waals surface area contributed by atoms with Gasteiger partial charge in [-0.2, -0.15) is 5.10 Å². The Kier molecular flexibility index (Phi) is 6.68. The third kappa shape index (κ3) is 5.51. The van der Waals surface area contributed by atoms with Crippen LogP contribution in [0.3, 0.4) is 0 Å². The molecule has 2 fully saturated rings. The van der Waals surface area contributed by atoms with Crippen LogP contribution in [0.5, 0.6) is 0 Å². The van der Waals surface area contributed by atoms with Gasteiger partial charge in [0.05, 0.1) is 17.2 Å². The Bertz CT molecular complexity index is 1270. The van der Waals surface area contributed by atoms with Crippen molar-refractivity contribution in [1.82, 2.24) is 34.8 Å². The highest BCUT2D eigenvalue weighted by Crippen LogP contribution is 2.30. The highest BCUT2D eigenvalue weighted by atomic mass is 32.1. The summed E-state index contributed by atoms with van der Waals surface area (Å²) in [4.78, 5) is 12.0. The van der Waals surface area contributed by atoms with Crippen LogP contribution in [0.2, 0.25) is 0 Å². The monoisotopic (exact) mass is 488 g/mol. The average molecular weight is 489 g/mol. The number of rotatable bonds is 9. The van der Waals surface area contributed by atoms with E-state index >= 15 is 0 Å². The van der Waals surface area contributed by atoms with E-state index in [0.717, 1.165) is 70.0 Å². The zero-order valence-corrected chi connectivity index (χ0v) is 20.9. The van der Waals surface area contributed by atoms with Crippen molar-refractivity contribution >= 4 is 33.3 Å². The lowest BCUT2D eigenvalue weighted by atomic mass is 10.1. The molecule has 9 heteroatoms. The number of aryl methyl sites for hydroxylation is 1. The molecule has 4 aromatic rings. The molecule has 1 saturated heterocycles. The molecule has 1 saturated carbocycles. The number of pyridine rings is 2. The van der Waals surface area contributed by atoms with E-state index in [0.29, 0.717) is 0 Å². The Morgan fingerprint density at radius 1 is 0.943 bits per heavy atom. The first-order valence-electron chi connectivity index (χ1n) is 12.9. The lowest BCUT2D eigenvalue weighted by Gasteiger charge is -2.13. The van der Waals surface area contributed by atoms with Gasteiger partial charge in [-0.3, -0.25) is 9.67 Å². The second-order valence-electron chi connectivity index (χ2n) is 9.83. The summed E-state index contributed by atoms with van der Waals surface area (Å²) in [5.41, 5.74) is 3.82. The largest absolute Gasteiger partial charge is 0.315 e. The van der Waals surface area contributed by atoms with Crippen LogP contribution < -0.4 is 5.32 Å². The van der Waals surface area contributed by atoms with E-state index in [4.69, 9.17) is 4.98 Å².